The third-order valence-electron chi connectivity index (χ3n) is 4.37. The number of hydrogen-bond acceptors (Lipinski definition) is 3. The fourth-order valence-corrected chi connectivity index (χ4v) is 3.54. The fraction of sp³-hybridized carbons (Fsp3) is 0.368. The van der Waals surface area contributed by atoms with E-state index in [0.29, 0.717) is 6.04 Å². The van der Waals surface area contributed by atoms with E-state index >= 15 is 0 Å². The minimum atomic E-state index is 0.696. The highest BCUT2D eigenvalue weighted by molar-refractivity contribution is 14.1. The highest BCUT2D eigenvalue weighted by Gasteiger charge is 2.21. The maximum atomic E-state index is 5.85. The maximum absolute atomic E-state index is 5.85. The van der Waals surface area contributed by atoms with Crippen LogP contribution in [-0.2, 0) is 6.54 Å². The van der Waals surface area contributed by atoms with Gasteiger partial charge in [0.25, 0.3) is 0 Å². The van der Waals surface area contributed by atoms with E-state index in [9.17, 15) is 0 Å². The van der Waals surface area contributed by atoms with Crippen molar-refractivity contribution in [2.45, 2.75) is 25.4 Å². The molecular formula is C19H23IN2O. The molecule has 3 rings (SSSR count). The summed E-state index contributed by atoms with van der Waals surface area (Å²) >= 11 is 2.43. The molecule has 1 aliphatic rings. The quantitative estimate of drug-likeness (QED) is 0.512. The summed E-state index contributed by atoms with van der Waals surface area (Å²) in [7, 11) is 2.24. The van der Waals surface area contributed by atoms with Gasteiger partial charge in [0.05, 0.1) is 0 Å². The molecule has 0 radical (unpaired) electrons. The summed E-state index contributed by atoms with van der Waals surface area (Å²) in [5.41, 5.74) is 1.34. The number of nitrogens with zero attached hydrogens (tertiary/aromatic N) is 2. The molecule has 1 fully saturated rings. The Morgan fingerprint density at radius 3 is 2.26 bits per heavy atom. The molecule has 2 aromatic rings. The van der Waals surface area contributed by atoms with Crippen molar-refractivity contribution in [2.75, 3.05) is 20.1 Å². The third kappa shape index (κ3) is 4.93. The number of ether oxygens (including phenoxy) is 1. The molecule has 0 aromatic heterocycles. The number of benzene rings is 2. The Kier molecular flexibility index (Phi) is 5.91. The van der Waals surface area contributed by atoms with Gasteiger partial charge in [0.1, 0.15) is 11.5 Å². The normalized spacial score (nSPS) is 16.7. The largest absolute Gasteiger partial charge is 0.457 e. The SMILES string of the molecule is CN(Cc1ccc(Oc2ccccc2)cc1)C1CCN(I)CC1. The van der Waals surface area contributed by atoms with Gasteiger partial charge >= 0.3 is 0 Å². The van der Waals surface area contributed by atoms with Crippen molar-refractivity contribution in [1.82, 2.24) is 8.01 Å². The van der Waals surface area contributed by atoms with E-state index < -0.39 is 0 Å². The Labute approximate surface area is 152 Å². The van der Waals surface area contributed by atoms with Gasteiger partial charge in [-0.2, -0.15) is 0 Å². The molecule has 23 heavy (non-hydrogen) atoms. The standard InChI is InChI=1S/C19H23IN2O/c1-21(17-11-13-22(20)14-12-17)15-16-7-9-19(10-8-16)23-18-5-3-2-4-6-18/h2-10,17H,11-15H2,1H3. The molecule has 0 aliphatic carbocycles. The van der Waals surface area contributed by atoms with Gasteiger partial charge in [-0.1, -0.05) is 30.3 Å². The maximum Gasteiger partial charge on any atom is 0.127 e. The molecule has 0 atom stereocenters. The fourth-order valence-electron chi connectivity index (χ4n) is 2.98. The average Bonchev–Trinajstić information content (AvgIpc) is 2.58. The third-order valence-corrected chi connectivity index (χ3v) is 5.33. The highest BCUT2D eigenvalue weighted by atomic mass is 127. The van der Waals surface area contributed by atoms with E-state index in [1.165, 1.54) is 31.5 Å². The first-order chi connectivity index (χ1) is 11.2. The van der Waals surface area contributed by atoms with E-state index in [1.54, 1.807) is 0 Å². The van der Waals surface area contributed by atoms with Crippen molar-refractivity contribution in [3.05, 3.63) is 60.2 Å². The van der Waals surface area contributed by atoms with E-state index in [0.717, 1.165) is 18.0 Å². The number of hydrogen-bond donors (Lipinski definition) is 0. The van der Waals surface area contributed by atoms with Crippen LogP contribution in [0.3, 0.4) is 0 Å². The molecule has 4 heteroatoms. The van der Waals surface area contributed by atoms with Gasteiger partial charge in [-0.15, -0.1) is 0 Å². The molecule has 2 aromatic carbocycles. The second-order valence-corrected chi connectivity index (χ2v) is 7.48. The van der Waals surface area contributed by atoms with Crippen LogP contribution >= 0.6 is 22.9 Å². The summed E-state index contributed by atoms with van der Waals surface area (Å²) in [6.07, 6.45) is 2.52. The van der Waals surface area contributed by atoms with Crippen LogP contribution in [0.1, 0.15) is 18.4 Å². The number of rotatable bonds is 5. The van der Waals surface area contributed by atoms with Crippen molar-refractivity contribution in [3.8, 4) is 11.5 Å². The zero-order valence-corrected chi connectivity index (χ0v) is 15.6. The molecule has 0 saturated carbocycles. The summed E-state index contributed by atoms with van der Waals surface area (Å²) in [6, 6.07) is 19.1. The summed E-state index contributed by atoms with van der Waals surface area (Å²) < 4.78 is 8.23. The zero-order valence-electron chi connectivity index (χ0n) is 13.5. The second-order valence-electron chi connectivity index (χ2n) is 6.12. The first kappa shape index (κ1) is 16.7. The van der Waals surface area contributed by atoms with Gasteiger partial charge in [0.2, 0.25) is 0 Å². The van der Waals surface area contributed by atoms with Gasteiger partial charge in [-0.25, -0.2) is 3.11 Å². The van der Waals surface area contributed by atoms with Gasteiger partial charge in [-0.05, 0) is 49.7 Å². The van der Waals surface area contributed by atoms with Crippen molar-refractivity contribution >= 4 is 22.9 Å². The minimum absolute atomic E-state index is 0.696. The number of halogens is 1. The first-order valence-corrected chi connectivity index (χ1v) is 9.10. The molecular weight excluding hydrogens is 399 g/mol. The average molecular weight is 422 g/mol. The number of para-hydroxylation sites is 1. The molecule has 0 N–H and O–H groups in total. The summed E-state index contributed by atoms with van der Waals surface area (Å²) in [5.74, 6) is 1.77. The van der Waals surface area contributed by atoms with E-state index in [4.69, 9.17) is 4.74 Å². The molecule has 0 bridgehead atoms. The Morgan fingerprint density at radius 2 is 1.61 bits per heavy atom. The summed E-state index contributed by atoms with van der Waals surface area (Å²) in [4.78, 5) is 2.48. The smallest absolute Gasteiger partial charge is 0.127 e. The Bertz CT molecular complexity index is 595. The van der Waals surface area contributed by atoms with Crippen LogP contribution in [0.4, 0.5) is 0 Å². The lowest BCUT2D eigenvalue weighted by Crippen LogP contribution is -2.39. The molecule has 0 spiro atoms. The van der Waals surface area contributed by atoms with Crippen molar-refractivity contribution in [3.63, 3.8) is 0 Å². The van der Waals surface area contributed by atoms with Crippen LogP contribution in [0.5, 0.6) is 11.5 Å². The molecule has 0 unspecified atom stereocenters. The van der Waals surface area contributed by atoms with Crippen LogP contribution in [0.25, 0.3) is 0 Å². The summed E-state index contributed by atoms with van der Waals surface area (Å²) in [5, 5.41) is 0. The lowest BCUT2D eigenvalue weighted by Gasteiger charge is -2.34. The molecule has 1 saturated heterocycles. The molecule has 3 nitrogen and oxygen atoms in total. The first-order valence-electron chi connectivity index (χ1n) is 8.13. The van der Waals surface area contributed by atoms with Crippen molar-refractivity contribution in [2.24, 2.45) is 0 Å². The zero-order chi connectivity index (χ0) is 16.1. The van der Waals surface area contributed by atoms with Gasteiger partial charge in [0.15, 0.2) is 0 Å². The predicted octanol–water partition coefficient (Wildman–Crippen LogP) is 4.73. The van der Waals surface area contributed by atoms with Crippen molar-refractivity contribution in [1.29, 1.82) is 0 Å². The number of piperidine rings is 1. The Balaban J connectivity index is 1.55. The van der Waals surface area contributed by atoms with E-state index in [1.807, 2.05) is 30.3 Å². The Morgan fingerprint density at radius 1 is 1.00 bits per heavy atom. The van der Waals surface area contributed by atoms with E-state index in [2.05, 4.69) is 62.2 Å². The van der Waals surface area contributed by atoms with Crippen LogP contribution in [0.15, 0.2) is 54.6 Å². The molecule has 122 valence electrons. The van der Waals surface area contributed by atoms with Crippen LogP contribution in [0, 0.1) is 0 Å². The van der Waals surface area contributed by atoms with Crippen LogP contribution < -0.4 is 4.74 Å². The van der Waals surface area contributed by atoms with Crippen LogP contribution in [0.2, 0.25) is 0 Å². The van der Waals surface area contributed by atoms with Gasteiger partial charge < -0.3 is 4.74 Å². The molecule has 1 aliphatic heterocycles. The lowest BCUT2D eigenvalue weighted by atomic mass is 10.0. The topological polar surface area (TPSA) is 15.7 Å². The van der Waals surface area contributed by atoms with Crippen LogP contribution in [-0.4, -0.2) is 34.2 Å². The second kappa shape index (κ2) is 8.13. The van der Waals surface area contributed by atoms with E-state index in [-0.39, 0.29) is 0 Å². The van der Waals surface area contributed by atoms with Gasteiger partial charge in [0, 0.05) is 48.5 Å². The molecule has 1 heterocycles. The van der Waals surface area contributed by atoms with Crippen molar-refractivity contribution < 1.29 is 4.74 Å². The predicted molar refractivity (Wildman–Crippen MR) is 103 cm³/mol. The molecule has 0 amide bonds. The Hall–Kier alpha value is -1.11. The van der Waals surface area contributed by atoms with Gasteiger partial charge in [-0.3, -0.25) is 4.90 Å². The summed E-state index contributed by atoms with van der Waals surface area (Å²) in [6.45, 7) is 3.39. The minimum Gasteiger partial charge on any atom is -0.457 e. The lowest BCUT2D eigenvalue weighted by molar-refractivity contribution is 0.172. The monoisotopic (exact) mass is 422 g/mol. The highest BCUT2D eigenvalue weighted by Crippen LogP contribution is 2.23.